The van der Waals surface area contributed by atoms with Gasteiger partial charge >= 0.3 is 0 Å². The number of thiophene rings is 1. The van der Waals surface area contributed by atoms with Crippen LogP contribution in [0.2, 0.25) is 0 Å². The van der Waals surface area contributed by atoms with E-state index in [0.717, 1.165) is 5.56 Å². The molecule has 3 aromatic rings. The summed E-state index contributed by atoms with van der Waals surface area (Å²) in [7, 11) is 0. The Morgan fingerprint density at radius 2 is 2.04 bits per heavy atom. The lowest BCUT2D eigenvalue weighted by Gasteiger charge is -2.40. The van der Waals surface area contributed by atoms with Gasteiger partial charge in [-0.3, -0.25) is 9.59 Å². The molecule has 28 heavy (non-hydrogen) atoms. The highest BCUT2D eigenvalue weighted by Gasteiger charge is 2.39. The van der Waals surface area contributed by atoms with Crippen LogP contribution in [0.1, 0.15) is 27.0 Å². The number of aryl methyl sites for hydroxylation is 1. The Bertz CT molecular complexity index is 955. The molecule has 2 amide bonds. The second-order valence-electron chi connectivity index (χ2n) is 6.68. The third-order valence-corrected chi connectivity index (χ3v) is 5.59. The van der Waals surface area contributed by atoms with Gasteiger partial charge in [0, 0.05) is 19.6 Å². The van der Waals surface area contributed by atoms with Crippen LogP contribution in [0.4, 0.5) is 0 Å². The smallest absolute Gasteiger partial charge is 0.264 e. The fraction of sp³-hybridized carbons (Fsp3) is 0.300. The van der Waals surface area contributed by atoms with E-state index < -0.39 is 6.04 Å². The average molecular weight is 396 g/mol. The monoisotopic (exact) mass is 396 g/mol. The number of carbonyl (C=O) groups is 2. The zero-order chi connectivity index (χ0) is 19.5. The topological polar surface area (TPSA) is 79.5 Å². The van der Waals surface area contributed by atoms with Crippen molar-refractivity contribution in [1.29, 1.82) is 0 Å². The molecular weight excluding hydrogens is 376 g/mol. The van der Waals surface area contributed by atoms with Gasteiger partial charge in [-0.05, 0) is 23.9 Å². The molecule has 0 radical (unpaired) electrons. The molecule has 0 bridgehead atoms. The van der Waals surface area contributed by atoms with Crippen molar-refractivity contribution in [2.45, 2.75) is 25.9 Å². The number of aromatic nitrogens is 2. The van der Waals surface area contributed by atoms with Crippen LogP contribution in [-0.2, 0) is 17.8 Å². The highest BCUT2D eigenvalue weighted by molar-refractivity contribution is 7.12. The van der Waals surface area contributed by atoms with Crippen LogP contribution < -0.4 is 0 Å². The molecule has 1 aromatic carbocycles. The van der Waals surface area contributed by atoms with Gasteiger partial charge in [0.2, 0.25) is 11.8 Å². The molecule has 7 nitrogen and oxygen atoms in total. The summed E-state index contributed by atoms with van der Waals surface area (Å²) >= 11 is 1.37. The Morgan fingerprint density at radius 3 is 2.71 bits per heavy atom. The van der Waals surface area contributed by atoms with Crippen LogP contribution in [0.15, 0.2) is 52.4 Å². The Hall–Kier alpha value is -3.00. The summed E-state index contributed by atoms with van der Waals surface area (Å²) in [6, 6.07) is 12.8. The number of rotatable bonds is 5. The number of hydrogen-bond acceptors (Lipinski definition) is 6. The minimum absolute atomic E-state index is 0.101. The minimum Gasteiger partial charge on any atom is -0.339 e. The van der Waals surface area contributed by atoms with Crippen LogP contribution in [-0.4, -0.2) is 50.9 Å². The van der Waals surface area contributed by atoms with Gasteiger partial charge in [0.15, 0.2) is 5.82 Å². The lowest BCUT2D eigenvalue weighted by atomic mass is 10.1. The summed E-state index contributed by atoms with van der Waals surface area (Å²) in [5.41, 5.74) is 1.06. The van der Waals surface area contributed by atoms with Crippen molar-refractivity contribution in [3.05, 3.63) is 70.0 Å². The molecule has 3 heterocycles. The van der Waals surface area contributed by atoms with Crippen molar-refractivity contribution in [3.8, 4) is 0 Å². The first-order valence-corrected chi connectivity index (χ1v) is 9.96. The Balaban J connectivity index is 1.58. The maximum Gasteiger partial charge on any atom is 0.264 e. The molecule has 0 aliphatic carbocycles. The summed E-state index contributed by atoms with van der Waals surface area (Å²) < 4.78 is 5.22. The average Bonchev–Trinajstić information content (AvgIpc) is 3.37. The van der Waals surface area contributed by atoms with Crippen LogP contribution in [0, 0.1) is 6.92 Å². The summed E-state index contributed by atoms with van der Waals surface area (Å²) in [5.74, 6) is 0.636. The van der Waals surface area contributed by atoms with Gasteiger partial charge < -0.3 is 14.3 Å². The molecule has 1 atom stereocenters. The van der Waals surface area contributed by atoms with E-state index in [1.54, 1.807) is 22.8 Å². The molecule has 4 rings (SSSR count). The fourth-order valence-corrected chi connectivity index (χ4v) is 4.05. The number of nitrogens with zero attached hydrogens (tertiary/aromatic N) is 4. The predicted molar refractivity (Wildman–Crippen MR) is 104 cm³/mol. The first-order chi connectivity index (χ1) is 13.6. The maximum absolute atomic E-state index is 13.3. The summed E-state index contributed by atoms with van der Waals surface area (Å²) in [5, 5.41) is 5.66. The van der Waals surface area contributed by atoms with E-state index in [1.165, 1.54) is 11.3 Å². The zero-order valence-electron chi connectivity index (χ0n) is 15.4. The summed E-state index contributed by atoms with van der Waals surface area (Å²) in [4.78, 5) is 34.5. The van der Waals surface area contributed by atoms with Gasteiger partial charge in [-0.1, -0.05) is 41.6 Å². The van der Waals surface area contributed by atoms with Crippen molar-refractivity contribution >= 4 is 23.2 Å². The number of amides is 2. The SMILES string of the molecule is Cc1noc(CC2C(=O)N(Cc3ccccc3)CCN2C(=O)c2cccs2)n1. The minimum atomic E-state index is -0.660. The Kier molecular flexibility index (Phi) is 5.21. The normalized spacial score (nSPS) is 17.2. The third kappa shape index (κ3) is 3.82. The highest BCUT2D eigenvalue weighted by Crippen LogP contribution is 2.22. The molecule has 1 fully saturated rings. The largest absolute Gasteiger partial charge is 0.339 e. The molecule has 0 spiro atoms. The van der Waals surface area contributed by atoms with Crippen molar-refractivity contribution in [2.24, 2.45) is 0 Å². The van der Waals surface area contributed by atoms with Crippen LogP contribution in [0.5, 0.6) is 0 Å². The zero-order valence-corrected chi connectivity index (χ0v) is 16.3. The molecule has 1 aliphatic rings. The molecule has 0 saturated carbocycles. The van der Waals surface area contributed by atoms with Crippen molar-refractivity contribution in [3.63, 3.8) is 0 Å². The van der Waals surface area contributed by atoms with Gasteiger partial charge in [-0.2, -0.15) is 4.98 Å². The molecule has 144 valence electrons. The van der Waals surface area contributed by atoms with E-state index in [4.69, 9.17) is 4.52 Å². The molecule has 8 heteroatoms. The van der Waals surface area contributed by atoms with Gasteiger partial charge in [-0.25, -0.2) is 0 Å². The second-order valence-corrected chi connectivity index (χ2v) is 7.62. The molecular formula is C20H20N4O3S. The lowest BCUT2D eigenvalue weighted by Crippen LogP contribution is -2.59. The summed E-state index contributed by atoms with van der Waals surface area (Å²) in [6.45, 7) is 3.20. The number of piperazine rings is 1. The molecule has 0 N–H and O–H groups in total. The Morgan fingerprint density at radius 1 is 1.21 bits per heavy atom. The third-order valence-electron chi connectivity index (χ3n) is 4.73. The predicted octanol–water partition coefficient (Wildman–Crippen LogP) is 2.54. The first-order valence-electron chi connectivity index (χ1n) is 9.08. The van der Waals surface area contributed by atoms with E-state index in [2.05, 4.69) is 10.1 Å². The molecule has 1 aliphatic heterocycles. The van der Waals surface area contributed by atoms with Crippen molar-refractivity contribution in [1.82, 2.24) is 19.9 Å². The van der Waals surface area contributed by atoms with E-state index >= 15 is 0 Å². The lowest BCUT2D eigenvalue weighted by molar-refractivity contribution is -0.141. The second kappa shape index (κ2) is 7.93. The summed E-state index contributed by atoms with van der Waals surface area (Å²) in [6.07, 6.45) is 0.210. The molecule has 2 aromatic heterocycles. The van der Waals surface area contributed by atoms with Crippen LogP contribution in [0.3, 0.4) is 0 Å². The number of hydrogen-bond donors (Lipinski definition) is 0. The van der Waals surface area contributed by atoms with Crippen LogP contribution >= 0.6 is 11.3 Å². The number of carbonyl (C=O) groups excluding carboxylic acids is 2. The van der Waals surface area contributed by atoms with E-state index in [-0.39, 0.29) is 18.2 Å². The van der Waals surface area contributed by atoms with Gasteiger partial charge in [0.05, 0.1) is 11.3 Å². The van der Waals surface area contributed by atoms with Gasteiger partial charge in [-0.15, -0.1) is 11.3 Å². The molecule has 1 unspecified atom stereocenters. The van der Waals surface area contributed by atoms with Crippen LogP contribution in [0.25, 0.3) is 0 Å². The highest BCUT2D eigenvalue weighted by atomic mass is 32.1. The first kappa shape index (κ1) is 18.4. The Labute approximate surface area is 166 Å². The van der Waals surface area contributed by atoms with Gasteiger partial charge in [0.25, 0.3) is 5.91 Å². The van der Waals surface area contributed by atoms with Gasteiger partial charge in [0.1, 0.15) is 6.04 Å². The quantitative estimate of drug-likeness (QED) is 0.662. The van der Waals surface area contributed by atoms with Crippen molar-refractivity contribution < 1.29 is 14.1 Å². The van der Waals surface area contributed by atoms with E-state index in [0.29, 0.717) is 36.2 Å². The molecule has 1 saturated heterocycles. The number of benzene rings is 1. The van der Waals surface area contributed by atoms with E-state index in [9.17, 15) is 9.59 Å². The van der Waals surface area contributed by atoms with E-state index in [1.807, 2.05) is 41.8 Å². The maximum atomic E-state index is 13.3. The van der Waals surface area contributed by atoms with Crippen molar-refractivity contribution in [2.75, 3.05) is 13.1 Å². The fourth-order valence-electron chi connectivity index (χ4n) is 3.37. The standard InChI is InChI=1S/C20H20N4O3S/c1-14-21-18(27-22-14)12-16-19(25)23(13-15-6-3-2-4-7-15)9-10-24(16)20(26)17-8-5-11-28-17/h2-8,11,16H,9-10,12-13H2,1H3.